The number of amides is 3. The van der Waals surface area contributed by atoms with E-state index in [9.17, 15) is 19.5 Å². The van der Waals surface area contributed by atoms with Gasteiger partial charge in [0.05, 0.1) is 19.2 Å². The van der Waals surface area contributed by atoms with Crippen LogP contribution in [0.5, 0.6) is 11.8 Å². The average Bonchev–Trinajstić information content (AvgIpc) is 3.87. The molecule has 13 heteroatoms. The number of tetrazole rings is 1. The van der Waals surface area contributed by atoms with Gasteiger partial charge in [0.25, 0.3) is 0 Å². The molecule has 0 spiro atoms. The number of nitrogens with zero attached hydrogens (tertiary/aromatic N) is 6. The van der Waals surface area contributed by atoms with Gasteiger partial charge in [0.2, 0.25) is 11.8 Å². The lowest BCUT2D eigenvalue weighted by Crippen LogP contribution is -2.60. The minimum absolute atomic E-state index is 0.111. The highest BCUT2D eigenvalue weighted by Gasteiger charge is 2.43. The first-order chi connectivity index (χ1) is 24.1. The van der Waals surface area contributed by atoms with Crippen LogP contribution >= 0.6 is 0 Å². The Kier molecular flexibility index (Phi) is 10.1. The smallest absolute Gasteiger partial charge is 0.410 e. The molecule has 6 rings (SSSR count). The molecule has 2 heterocycles. The molecule has 4 aromatic rings. The number of fused-ring (bicyclic) bond motifs is 3. The second-order valence-electron chi connectivity index (χ2n) is 13.6. The molecule has 1 saturated heterocycles. The van der Waals surface area contributed by atoms with Crippen LogP contribution in [-0.4, -0.2) is 98.0 Å². The van der Waals surface area contributed by atoms with Gasteiger partial charge in [0, 0.05) is 24.9 Å². The Labute approximate surface area is 291 Å². The second kappa shape index (κ2) is 14.7. The van der Waals surface area contributed by atoms with Gasteiger partial charge in [-0.15, -0.1) is 0 Å². The molecule has 262 valence electrons. The van der Waals surface area contributed by atoms with Crippen molar-refractivity contribution in [3.8, 4) is 22.9 Å². The van der Waals surface area contributed by atoms with Gasteiger partial charge in [-0.3, -0.25) is 14.5 Å². The molecule has 2 aliphatic rings. The molecular weight excluding hydrogens is 638 g/mol. The van der Waals surface area contributed by atoms with E-state index in [0.29, 0.717) is 18.7 Å². The third-order valence-corrected chi connectivity index (χ3v) is 9.80. The number of aliphatic hydroxyl groups is 1. The van der Waals surface area contributed by atoms with Crippen LogP contribution in [0.25, 0.3) is 11.1 Å². The highest BCUT2D eigenvalue weighted by atomic mass is 16.6. The van der Waals surface area contributed by atoms with Crippen LogP contribution in [0.1, 0.15) is 50.7 Å². The summed E-state index contributed by atoms with van der Waals surface area (Å²) >= 11 is 0. The Morgan fingerprint density at radius 2 is 1.64 bits per heavy atom. The maximum absolute atomic E-state index is 14.2. The van der Waals surface area contributed by atoms with E-state index in [4.69, 9.17) is 9.47 Å². The fourth-order valence-electron chi connectivity index (χ4n) is 6.63. The largest absolute Gasteiger partial charge is 0.448 e. The molecule has 3 aromatic carbocycles. The van der Waals surface area contributed by atoms with Crippen LogP contribution < -0.4 is 10.1 Å². The van der Waals surface area contributed by atoms with Crippen molar-refractivity contribution >= 4 is 17.9 Å². The monoisotopic (exact) mass is 681 g/mol. The van der Waals surface area contributed by atoms with Crippen molar-refractivity contribution < 1.29 is 29.0 Å². The number of likely N-dealkylation sites (tertiary alicyclic amines) is 1. The maximum atomic E-state index is 14.2. The van der Waals surface area contributed by atoms with Gasteiger partial charge in [-0.2, -0.15) is 4.68 Å². The Balaban J connectivity index is 1.10. The summed E-state index contributed by atoms with van der Waals surface area (Å²) in [5.41, 5.74) is 3.39. The number of benzene rings is 3. The first-order valence-electron chi connectivity index (χ1n) is 16.9. The lowest BCUT2D eigenvalue weighted by molar-refractivity contribution is -0.142. The van der Waals surface area contributed by atoms with Crippen molar-refractivity contribution in [2.75, 3.05) is 26.8 Å². The summed E-state index contributed by atoms with van der Waals surface area (Å²) in [6.07, 6.45) is 0.778. The quantitative estimate of drug-likeness (QED) is 0.224. The molecule has 3 atom stereocenters. The molecule has 1 aliphatic carbocycles. The lowest BCUT2D eigenvalue weighted by atomic mass is 9.84. The van der Waals surface area contributed by atoms with Gasteiger partial charge in [0.1, 0.15) is 24.4 Å². The van der Waals surface area contributed by atoms with Gasteiger partial charge in [-0.05, 0) is 64.6 Å². The number of aromatic nitrogens is 4. The number of carbonyl (C=O) groups is 3. The zero-order valence-electron chi connectivity index (χ0n) is 28.7. The van der Waals surface area contributed by atoms with Crippen molar-refractivity contribution in [3.05, 3.63) is 90.0 Å². The fraction of sp³-hybridized carbons (Fsp3) is 0.405. The van der Waals surface area contributed by atoms with Crippen molar-refractivity contribution in [3.63, 3.8) is 0 Å². The standard InChI is InChI=1S/C37H43N7O6/c1-24(42(4)36(48)49-22-31-29-18-10-8-16-27(29)28-17-9-11-19-30(28)31)33(46)38-32(37(2,3)23-45)34(47)43-20-12-13-25(43)21-44-35(39-40-41-44)50-26-14-6-5-7-15-26/h5-11,14-19,24-25,31-32,45H,12-13,20-23H2,1-4H3,(H,38,46)/t24-,25-,32+/m0/s1. The van der Waals surface area contributed by atoms with Crippen molar-refractivity contribution in [1.82, 2.24) is 35.3 Å². The summed E-state index contributed by atoms with van der Waals surface area (Å²) in [5.74, 6) is -0.434. The lowest BCUT2D eigenvalue weighted by Gasteiger charge is -2.37. The fourth-order valence-corrected chi connectivity index (χ4v) is 6.63. The molecule has 0 bridgehead atoms. The highest BCUT2D eigenvalue weighted by Crippen LogP contribution is 2.44. The topological polar surface area (TPSA) is 152 Å². The molecule has 1 fully saturated rings. The van der Waals surface area contributed by atoms with Crippen LogP contribution in [0.15, 0.2) is 78.9 Å². The van der Waals surface area contributed by atoms with Crippen LogP contribution in [0, 0.1) is 5.41 Å². The molecule has 0 saturated carbocycles. The van der Waals surface area contributed by atoms with E-state index >= 15 is 0 Å². The second-order valence-corrected chi connectivity index (χ2v) is 13.6. The first kappa shape index (κ1) is 34.6. The Morgan fingerprint density at radius 3 is 2.30 bits per heavy atom. The van der Waals surface area contributed by atoms with Gasteiger partial charge in [-0.25, -0.2) is 4.79 Å². The van der Waals surface area contributed by atoms with Crippen LogP contribution in [-0.2, 0) is 20.9 Å². The summed E-state index contributed by atoms with van der Waals surface area (Å²) in [6.45, 7) is 5.50. The predicted octanol–water partition coefficient (Wildman–Crippen LogP) is 4.23. The van der Waals surface area contributed by atoms with E-state index in [-0.39, 0.29) is 43.6 Å². The molecule has 50 heavy (non-hydrogen) atoms. The van der Waals surface area contributed by atoms with E-state index in [0.717, 1.165) is 28.7 Å². The van der Waals surface area contributed by atoms with Gasteiger partial charge in [0.15, 0.2) is 0 Å². The third-order valence-electron chi connectivity index (χ3n) is 9.80. The molecule has 3 amide bonds. The summed E-state index contributed by atoms with van der Waals surface area (Å²) in [5, 5.41) is 25.0. The number of likely N-dealkylation sites (N-methyl/N-ethyl adjacent to an activating group) is 1. The van der Waals surface area contributed by atoms with Crippen LogP contribution in [0.2, 0.25) is 0 Å². The molecule has 1 aromatic heterocycles. The molecular formula is C37H43N7O6. The van der Waals surface area contributed by atoms with Crippen LogP contribution in [0.3, 0.4) is 0 Å². The number of para-hydroxylation sites is 1. The number of hydrogen-bond acceptors (Lipinski definition) is 9. The van der Waals surface area contributed by atoms with E-state index in [1.54, 1.807) is 37.8 Å². The van der Waals surface area contributed by atoms with Gasteiger partial charge in [-0.1, -0.05) is 85.7 Å². The Morgan fingerprint density at radius 1 is 1.00 bits per heavy atom. The maximum Gasteiger partial charge on any atom is 0.410 e. The number of ether oxygens (including phenoxy) is 2. The van der Waals surface area contributed by atoms with E-state index in [2.05, 4.69) is 33.0 Å². The summed E-state index contributed by atoms with van der Waals surface area (Å²) in [4.78, 5) is 44.0. The van der Waals surface area contributed by atoms with Gasteiger partial charge >= 0.3 is 12.1 Å². The minimum atomic E-state index is -1.08. The number of hydrogen-bond donors (Lipinski definition) is 2. The van der Waals surface area contributed by atoms with Crippen molar-refractivity contribution in [2.24, 2.45) is 5.41 Å². The van der Waals surface area contributed by atoms with E-state index in [1.165, 1.54) is 16.6 Å². The highest BCUT2D eigenvalue weighted by molar-refractivity contribution is 5.92. The van der Waals surface area contributed by atoms with Crippen molar-refractivity contribution in [2.45, 2.75) is 64.2 Å². The normalized spacial score (nSPS) is 16.7. The molecule has 0 unspecified atom stereocenters. The summed E-state index contributed by atoms with van der Waals surface area (Å²) in [7, 11) is 1.49. The minimum Gasteiger partial charge on any atom is -0.448 e. The van der Waals surface area contributed by atoms with E-state index < -0.39 is 29.5 Å². The van der Waals surface area contributed by atoms with Crippen molar-refractivity contribution in [1.29, 1.82) is 0 Å². The Bertz CT molecular complexity index is 1780. The number of aliphatic hydroxyl groups excluding tert-OH is 1. The molecule has 2 N–H and O–H groups in total. The number of nitrogens with one attached hydrogen (secondary N) is 1. The average molecular weight is 682 g/mol. The molecule has 0 radical (unpaired) electrons. The zero-order chi connectivity index (χ0) is 35.4. The zero-order valence-corrected chi connectivity index (χ0v) is 28.7. The SMILES string of the molecule is C[C@@H](C(=O)N[C@H](C(=O)N1CCC[C@H]1Cn1nnnc1Oc1ccccc1)C(C)(C)CO)N(C)C(=O)OCC1c2ccccc2-c2ccccc21. The first-order valence-corrected chi connectivity index (χ1v) is 16.9. The molecule has 13 nitrogen and oxygen atoms in total. The summed E-state index contributed by atoms with van der Waals surface area (Å²) in [6, 6.07) is 23.1. The third kappa shape index (κ3) is 7.04. The van der Waals surface area contributed by atoms with Gasteiger partial charge < -0.3 is 24.8 Å². The van der Waals surface area contributed by atoms with E-state index in [1.807, 2.05) is 54.6 Å². The predicted molar refractivity (Wildman–Crippen MR) is 184 cm³/mol. The Hall–Kier alpha value is -5.30. The molecule has 1 aliphatic heterocycles. The van der Waals surface area contributed by atoms with Crippen LogP contribution in [0.4, 0.5) is 4.79 Å². The summed E-state index contributed by atoms with van der Waals surface area (Å²) < 4.78 is 13.1. The number of carbonyl (C=O) groups excluding carboxylic acids is 3. The number of rotatable bonds is 12.